The predicted molar refractivity (Wildman–Crippen MR) is 79.6 cm³/mol. The zero-order valence-electron chi connectivity index (χ0n) is 12.3. The van der Waals surface area contributed by atoms with Crippen LogP contribution in [0.1, 0.15) is 50.0 Å². The molecule has 1 aromatic carbocycles. The van der Waals surface area contributed by atoms with Crippen molar-refractivity contribution < 1.29 is 4.79 Å². The molecule has 0 saturated carbocycles. The van der Waals surface area contributed by atoms with Gasteiger partial charge in [0.25, 0.3) is 5.91 Å². The molecule has 0 bridgehead atoms. The highest BCUT2D eigenvalue weighted by molar-refractivity contribution is 5.97. The summed E-state index contributed by atoms with van der Waals surface area (Å²) in [7, 11) is 0. The van der Waals surface area contributed by atoms with Gasteiger partial charge in [-0.2, -0.15) is 0 Å². The Morgan fingerprint density at radius 2 is 2.11 bits per heavy atom. The molecule has 1 aromatic rings. The third-order valence-corrected chi connectivity index (χ3v) is 3.99. The number of amides is 1. The van der Waals surface area contributed by atoms with Crippen LogP contribution in [-0.2, 0) is 6.42 Å². The van der Waals surface area contributed by atoms with Gasteiger partial charge in [0.2, 0.25) is 0 Å². The number of rotatable bonds is 2. The molecular weight excluding hydrogens is 236 g/mol. The maximum Gasteiger partial charge on any atom is 0.251 e. The van der Waals surface area contributed by atoms with Crippen LogP contribution in [0, 0.1) is 5.41 Å². The van der Waals surface area contributed by atoms with Crippen LogP contribution in [0.15, 0.2) is 18.2 Å². The average molecular weight is 260 g/mol. The number of hydrogen-bond donors (Lipinski definition) is 2. The lowest BCUT2D eigenvalue weighted by molar-refractivity contribution is 0.0909. The van der Waals surface area contributed by atoms with E-state index in [1.165, 1.54) is 0 Å². The number of fused-ring (bicyclic) bond motifs is 1. The van der Waals surface area contributed by atoms with E-state index in [4.69, 9.17) is 0 Å². The maximum absolute atomic E-state index is 12.4. The van der Waals surface area contributed by atoms with Crippen LogP contribution in [0.3, 0.4) is 0 Å². The second-order valence-electron chi connectivity index (χ2n) is 6.42. The van der Waals surface area contributed by atoms with E-state index < -0.39 is 0 Å². The molecule has 104 valence electrons. The molecule has 1 atom stereocenters. The van der Waals surface area contributed by atoms with Crippen LogP contribution in [0.4, 0.5) is 5.69 Å². The number of carbonyl (C=O) groups excluding carboxylic acids is 1. The summed E-state index contributed by atoms with van der Waals surface area (Å²) in [6.07, 6.45) is 2.07. The van der Waals surface area contributed by atoms with Crippen LogP contribution >= 0.6 is 0 Å². The Morgan fingerprint density at radius 1 is 1.37 bits per heavy atom. The van der Waals surface area contributed by atoms with Crippen molar-refractivity contribution in [3.8, 4) is 0 Å². The van der Waals surface area contributed by atoms with Gasteiger partial charge < -0.3 is 10.6 Å². The van der Waals surface area contributed by atoms with E-state index in [0.29, 0.717) is 0 Å². The summed E-state index contributed by atoms with van der Waals surface area (Å²) in [5.74, 6) is 0.0444. The molecule has 1 aliphatic rings. The van der Waals surface area contributed by atoms with Crippen molar-refractivity contribution in [2.75, 3.05) is 11.9 Å². The third kappa shape index (κ3) is 3.09. The maximum atomic E-state index is 12.4. The smallest absolute Gasteiger partial charge is 0.251 e. The molecule has 2 rings (SSSR count). The van der Waals surface area contributed by atoms with Gasteiger partial charge in [0, 0.05) is 23.8 Å². The van der Waals surface area contributed by atoms with E-state index in [1.807, 2.05) is 12.1 Å². The zero-order chi connectivity index (χ0) is 14.0. The molecule has 0 radical (unpaired) electrons. The molecule has 0 aromatic heterocycles. The highest BCUT2D eigenvalue weighted by atomic mass is 16.1. The molecule has 1 heterocycles. The fraction of sp³-hybridized carbons (Fsp3) is 0.562. The largest absolute Gasteiger partial charge is 0.385 e. The monoisotopic (exact) mass is 260 g/mol. The van der Waals surface area contributed by atoms with Crippen molar-refractivity contribution in [2.24, 2.45) is 5.41 Å². The van der Waals surface area contributed by atoms with Crippen LogP contribution in [-0.4, -0.2) is 18.5 Å². The van der Waals surface area contributed by atoms with Crippen LogP contribution in [0.25, 0.3) is 0 Å². The van der Waals surface area contributed by atoms with Crippen LogP contribution in [0.5, 0.6) is 0 Å². The Hall–Kier alpha value is -1.51. The highest BCUT2D eigenvalue weighted by Gasteiger charge is 2.24. The minimum Gasteiger partial charge on any atom is -0.385 e. The Kier molecular flexibility index (Phi) is 3.83. The number of benzene rings is 1. The first-order valence-electron chi connectivity index (χ1n) is 7.06. The highest BCUT2D eigenvalue weighted by Crippen LogP contribution is 2.26. The van der Waals surface area contributed by atoms with Gasteiger partial charge in [0.05, 0.1) is 0 Å². The Labute approximate surface area is 115 Å². The summed E-state index contributed by atoms with van der Waals surface area (Å²) in [5, 5.41) is 6.48. The average Bonchev–Trinajstić information content (AvgIpc) is 2.36. The van der Waals surface area contributed by atoms with E-state index >= 15 is 0 Å². The van der Waals surface area contributed by atoms with Gasteiger partial charge in [-0.15, -0.1) is 0 Å². The molecular formula is C16H24N2O. The topological polar surface area (TPSA) is 41.1 Å². The molecule has 0 aliphatic carbocycles. The molecule has 3 nitrogen and oxygen atoms in total. The number of hydrogen-bond acceptors (Lipinski definition) is 2. The SMILES string of the molecule is CC(NC(=O)c1cccc2c1CCCN2)C(C)(C)C. The van der Waals surface area contributed by atoms with Crippen LogP contribution in [0.2, 0.25) is 0 Å². The first-order chi connectivity index (χ1) is 8.89. The van der Waals surface area contributed by atoms with Crippen molar-refractivity contribution in [3.05, 3.63) is 29.3 Å². The molecule has 3 heteroatoms. The molecule has 19 heavy (non-hydrogen) atoms. The van der Waals surface area contributed by atoms with Gasteiger partial charge in [-0.25, -0.2) is 0 Å². The molecule has 0 saturated heterocycles. The first-order valence-corrected chi connectivity index (χ1v) is 7.06. The number of anilines is 1. The first kappa shape index (κ1) is 13.9. The Balaban J connectivity index is 2.20. The Bertz CT molecular complexity index is 474. The summed E-state index contributed by atoms with van der Waals surface area (Å²) in [5.41, 5.74) is 3.17. The van der Waals surface area contributed by atoms with Crippen molar-refractivity contribution >= 4 is 11.6 Å². The lowest BCUT2D eigenvalue weighted by atomic mass is 9.87. The zero-order valence-corrected chi connectivity index (χ0v) is 12.3. The lowest BCUT2D eigenvalue weighted by Crippen LogP contribution is -2.41. The molecule has 1 aliphatic heterocycles. The molecule has 1 amide bonds. The number of carbonyl (C=O) groups is 1. The van der Waals surface area contributed by atoms with Crippen molar-refractivity contribution in [1.82, 2.24) is 5.32 Å². The minimum atomic E-state index is 0.0444. The minimum absolute atomic E-state index is 0.0444. The Morgan fingerprint density at radius 3 is 2.79 bits per heavy atom. The van der Waals surface area contributed by atoms with Crippen molar-refractivity contribution in [3.63, 3.8) is 0 Å². The quantitative estimate of drug-likeness (QED) is 0.857. The van der Waals surface area contributed by atoms with Crippen LogP contribution < -0.4 is 10.6 Å². The van der Waals surface area contributed by atoms with Crippen molar-refractivity contribution in [1.29, 1.82) is 0 Å². The van der Waals surface area contributed by atoms with Gasteiger partial charge in [-0.05, 0) is 42.9 Å². The van der Waals surface area contributed by atoms with Crippen molar-refractivity contribution in [2.45, 2.75) is 46.6 Å². The fourth-order valence-electron chi connectivity index (χ4n) is 2.21. The van der Waals surface area contributed by atoms with E-state index in [0.717, 1.165) is 36.2 Å². The van der Waals surface area contributed by atoms with Gasteiger partial charge >= 0.3 is 0 Å². The summed E-state index contributed by atoms with van der Waals surface area (Å²) >= 11 is 0. The summed E-state index contributed by atoms with van der Waals surface area (Å²) in [6, 6.07) is 6.08. The third-order valence-electron chi connectivity index (χ3n) is 3.99. The molecule has 0 fully saturated rings. The van der Waals surface area contributed by atoms with E-state index in [1.54, 1.807) is 0 Å². The van der Waals surface area contributed by atoms with Gasteiger partial charge in [0.1, 0.15) is 0 Å². The van der Waals surface area contributed by atoms with Gasteiger partial charge in [0.15, 0.2) is 0 Å². The van der Waals surface area contributed by atoms with E-state index in [9.17, 15) is 4.79 Å². The summed E-state index contributed by atoms with van der Waals surface area (Å²) < 4.78 is 0. The van der Waals surface area contributed by atoms with E-state index in [-0.39, 0.29) is 17.4 Å². The summed E-state index contributed by atoms with van der Waals surface area (Å²) in [6.45, 7) is 9.47. The lowest BCUT2D eigenvalue weighted by Gasteiger charge is -2.29. The van der Waals surface area contributed by atoms with Gasteiger partial charge in [-0.1, -0.05) is 26.8 Å². The fourth-order valence-corrected chi connectivity index (χ4v) is 2.21. The standard InChI is InChI=1S/C16H24N2O/c1-11(16(2,3)4)18-15(19)13-7-5-9-14-12(13)8-6-10-17-14/h5,7,9,11,17H,6,8,10H2,1-4H3,(H,18,19). The predicted octanol–water partition coefficient (Wildman–Crippen LogP) is 3.21. The second kappa shape index (κ2) is 5.24. The van der Waals surface area contributed by atoms with Gasteiger partial charge in [-0.3, -0.25) is 4.79 Å². The second-order valence-corrected chi connectivity index (χ2v) is 6.42. The molecule has 0 spiro atoms. The van der Waals surface area contributed by atoms with E-state index in [2.05, 4.69) is 44.4 Å². The molecule has 2 N–H and O–H groups in total. The normalized spacial score (nSPS) is 16.2. The summed E-state index contributed by atoms with van der Waals surface area (Å²) in [4.78, 5) is 12.4. The number of nitrogens with one attached hydrogen (secondary N) is 2. The molecule has 1 unspecified atom stereocenters.